The highest BCUT2D eigenvalue weighted by Gasteiger charge is 2.65. The van der Waals surface area contributed by atoms with E-state index in [4.69, 9.17) is 14.2 Å². The number of fused-ring (bicyclic) bond motifs is 10. The molecule has 17 unspecified atom stereocenters. The van der Waals surface area contributed by atoms with Crippen LogP contribution in [0.1, 0.15) is 148 Å². The van der Waals surface area contributed by atoms with Crippen molar-refractivity contribution in [1.82, 2.24) is 0 Å². The van der Waals surface area contributed by atoms with Gasteiger partial charge in [-0.2, -0.15) is 0 Å². The molecule has 0 spiro atoms. The van der Waals surface area contributed by atoms with E-state index in [1.54, 1.807) is 41.5 Å². The summed E-state index contributed by atoms with van der Waals surface area (Å²) in [4.78, 5) is 144. The Kier molecular flexibility index (Phi) is 18.1. The van der Waals surface area contributed by atoms with Crippen molar-refractivity contribution in [3.8, 4) is 0 Å². The van der Waals surface area contributed by atoms with Crippen LogP contribution in [0.4, 0.5) is 0 Å². The van der Waals surface area contributed by atoms with Crippen LogP contribution in [0.3, 0.4) is 0 Å². The molecule has 0 aromatic carbocycles. The van der Waals surface area contributed by atoms with Gasteiger partial charge in [0.15, 0.2) is 0 Å². The first-order valence-electron chi connectivity index (χ1n) is 26.0. The van der Waals surface area contributed by atoms with Crippen molar-refractivity contribution in [2.24, 2.45) is 105 Å². The molecule has 20 heteroatoms. The number of ether oxygens (including phenoxy) is 7. The summed E-state index contributed by atoms with van der Waals surface area (Å²) in [7, 11) is 0. The molecule has 17 atom stereocenters. The summed E-state index contributed by atoms with van der Waals surface area (Å²) >= 11 is 0. The third-order valence-corrected chi connectivity index (χ3v) is 18.3. The maximum atomic E-state index is 12.2. The van der Waals surface area contributed by atoms with E-state index >= 15 is 0 Å². The van der Waals surface area contributed by atoms with Gasteiger partial charge in [0.05, 0.1) is 76.4 Å². The lowest BCUT2D eigenvalue weighted by Crippen LogP contribution is -2.38. The maximum absolute atomic E-state index is 12.2. The predicted molar refractivity (Wildman–Crippen MR) is 252 cm³/mol. The van der Waals surface area contributed by atoms with Crippen molar-refractivity contribution in [3.63, 3.8) is 0 Å². The number of esters is 13. The number of hydrogen-bond donors (Lipinski definition) is 0. The highest BCUT2D eigenvalue weighted by Crippen LogP contribution is 2.61. The first-order valence-corrected chi connectivity index (χ1v) is 26.0. The molecule has 10 rings (SSSR count). The van der Waals surface area contributed by atoms with Crippen LogP contribution in [0.5, 0.6) is 0 Å². The van der Waals surface area contributed by atoms with Gasteiger partial charge in [-0.25, -0.2) is 0 Å². The number of rotatable bonds is 6. The maximum Gasteiger partial charge on any atom is 0.320 e. The minimum Gasteiger partial charge on any atom is -0.462 e. The zero-order valence-electron chi connectivity index (χ0n) is 45.1. The Morgan fingerprint density at radius 3 is 1.41 bits per heavy atom. The molecule has 10 fully saturated rings. The first kappa shape index (κ1) is 59.2. The Morgan fingerprint density at radius 1 is 0.581 bits per heavy atom. The fourth-order valence-electron chi connectivity index (χ4n) is 11.3. The minimum atomic E-state index is -0.628. The predicted octanol–water partition coefficient (Wildman–Crippen LogP) is 5.99. The summed E-state index contributed by atoms with van der Waals surface area (Å²) in [6.07, 6.45) is 5.08. The fourth-order valence-corrected chi connectivity index (χ4v) is 11.3. The Bertz CT molecular complexity index is 2270. The van der Waals surface area contributed by atoms with Crippen molar-refractivity contribution < 1.29 is 95.5 Å². The van der Waals surface area contributed by atoms with Gasteiger partial charge in [-0.15, -0.1) is 0 Å². The lowest BCUT2D eigenvalue weighted by atomic mass is 9.70. The second-order valence-corrected chi connectivity index (χ2v) is 23.3. The van der Waals surface area contributed by atoms with Crippen molar-refractivity contribution >= 4 is 77.6 Å². The van der Waals surface area contributed by atoms with Crippen molar-refractivity contribution in [1.29, 1.82) is 0 Å². The van der Waals surface area contributed by atoms with Crippen LogP contribution in [0.15, 0.2) is 0 Å². The molecular formula is C54H74O20. The van der Waals surface area contributed by atoms with E-state index in [9.17, 15) is 62.3 Å². The van der Waals surface area contributed by atoms with Crippen LogP contribution in [-0.2, 0) is 95.5 Å². The van der Waals surface area contributed by atoms with Crippen LogP contribution >= 0.6 is 0 Å². The van der Waals surface area contributed by atoms with E-state index in [2.05, 4.69) is 32.8 Å². The van der Waals surface area contributed by atoms with E-state index in [1.807, 2.05) is 41.5 Å². The average Bonchev–Trinajstić information content (AvgIpc) is 4.25. The van der Waals surface area contributed by atoms with E-state index in [0.29, 0.717) is 42.9 Å². The largest absolute Gasteiger partial charge is 0.462 e. The lowest BCUT2D eigenvalue weighted by molar-refractivity contribution is -0.165. The quantitative estimate of drug-likeness (QED) is 0.168. The van der Waals surface area contributed by atoms with Gasteiger partial charge >= 0.3 is 77.6 Å². The third kappa shape index (κ3) is 11.7. The molecule has 0 aromatic heterocycles. The molecule has 74 heavy (non-hydrogen) atoms. The van der Waals surface area contributed by atoms with Gasteiger partial charge in [-0.1, -0.05) is 68.7 Å². The van der Waals surface area contributed by atoms with E-state index in [1.165, 1.54) is 0 Å². The molecule has 0 radical (unpaired) electrons. The van der Waals surface area contributed by atoms with Crippen molar-refractivity contribution in [3.05, 3.63) is 0 Å². The molecule has 10 aliphatic rings. The molecule has 0 N–H and O–H groups in total. The SMILES string of the molecule is CC1C(=O)OC(=O)C1(C)C.CC1C(=O)OC(=O)C1C.CC1C(C)C2CC1C1C(=O)OC(=O)C21.CCC(C)(C)C(=O)OC1CC2CC1C1C(=O)OC(=O)C21.CCC(C)C1CC(=O)OC1=O.CCC1(C)CC(=O)OC1=O. The van der Waals surface area contributed by atoms with Gasteiger partial charge in [-0.05, 0) is 102 Å². The smallest absolute Gasteiger partial charge is 0.320 e. The number of cyclic esters (lactones) is 12. The van der Waals surface area contributed by atoms with E-state index in [0.717, 1.165) is 19.3 Å². The van der Waals surface area contributed by atoms with Crippen LogP contribution < -0.4 is 0 Å². The zero-order chi connectivity index (χ0) is 55.8. The highest BCUT2D eigenvalue weighted by molar-refractivity contribution is 6.00. The Labute approximate surface area is 431 Å². The normalized spacial score (nSPS) is 37.7. The summed E-state index contributed by atoms with van der Waals surface area (Å²) < 4.78 is 32.6. The summed E-state index contributed by atoms with van der Waals surface area (Å²) in [5, 5.41) is 0. The molecule has 20 nitrogen and oxygen atoms in total. The van der Waals surface area contributed by atoms with Crippen LogP contribution in [0, 0.1) is 105 Å². The van der Waals surface area contributed by atoms with Crippen LogP contribution in [0.25, 0.3) is 0 Å². The number of carbonyl (C=O) groups excluding carboxylic acids is 13. The second kappa shape index (κ2) is 22.7. The first-order chi connectivity index (χ1) is 34.3. The van der Waals surface area contributed by atoms with E-state index < -0.39 is 52.1 Å². The molecule has 410 valence electrons. The van der Waals surface area contributed by atoms with Crippen molar-refractivity contribution in [2.45, 2.75) is 154 Å². The molecule has 0 aromatic rings. The molecule has 4 aliphatic carbocycles. The third-order valence-electron chi connectivity index (χ3n) is 18.3. The van der Waals surface area contributed by atoms with Crippen LogP contribution in [0.2, 0.25) is 0 Å². The van der Waals surface area contributed by atoms with Gasteiger partial charge in [-0.3, -0.25) is 62.3 Å². The Morgan fingerprint density at radius 2 is 1.07 bits per heavy atom. The number of hydrogen-bond acceptors (Lipinski definition) is 20. The lowest BCUT2D eigenvalue weighted by Gasteiger charge is -2.30. The van der Waals surface area contributed by atoms with Gasteiger partial charge < -0.3 is 33.2 Å². The van der Waals surface area contributed by atoms with Gasteiger partial charge in [0.1, 0.15) is 6.10 Å². The molecular weight excluding hydrogens is 969 g/mol. The fraction of sp³-hybridized carbons (Fsp3) is 0.759. The highest BCUT2D eigenvalue weighted by atomic mass is 16.6. The summed E-state index contributed by atoms with van der Waals surface area (Å²) in [6.45, 7) is 26.2. The molecule has 4 saturated carbocycles. The van der Waals surface area contributed by atoms with Crippen LogP contribution in [-0.4, -0.2) is 83.7 Å². The summed E-state index contributed by atoms with van der Waals surface area (Å²) in [5.74, 6) is -4.22. The van der Waals surface area contributed by atoms with Gasteiger partial charge in [0, 0.05) is 5.92 Å². The second-order valence-electron chi connectivity index (χ2n) is 23.3. The average molecular weight is 1040 g/mol. The molecule has 4 bridgehead atoms. The molecule has 0 amide bonds. The minimum absolute atomic E-state index is 0.0412. The molecule has 6 aliphatic heterocycles. The molecule has 6 saturated heterocycles. The standard InChI is InChI=1S/C15H20O5.C11H14O3.C8H12O3.2C7H10O3.C6H8O3/c1-4-15(2,3)14(18)19-9-6-7-5-8(9)11-10(7)12(16)20-13(11)17;1-4-5(2)7-3-6(4)8-9(7)11(13)14-10(8)12;1-3-5(2)6-4-7(9)11-8(6)10;1-4-5(8)10-6(9)7(4,2)3;1-3-7(2)4-5(8)10-6(7)9;1-3-4(2)6(8)9-5(3)7/h7-11H,4-6H2,1-3H3;4-9H,3H2,1-2H3;5-6H,3-4H2,1-2H3;4H,1-3H3;3-4H2,1-2H3;3-4H,1-2H3. The molecule has 6 heterocycles. The zero-order valence-corrected chi connectivity index (χ0v) is 45.1. The Hall–Kier alpha value is -5.69. The Balaban J connectivity index is 0.000000169. The topological polar surface area (TPSA) is 287 Å². The monoisotopic (exact) mass is 1040 g/mol. The van der Waals surface area contributed by atoms with Gasteiger partial charge in [0.2, 0.25) is 0 Å². The summed E-state index contributed by atoms with van der Waals surface area (Å²) in [5.41, 5.74) is -1.68. The van der Waals surface area contributed by atoms with Gasteiger partial charge in [0.25, 0.3) is 0 Å². The summed E-state index contributed by atoms with van der Waals surface area (Å²) in [6, 6.07) is 0. The van der Waals surface area contributed by atoms with E-state index in [-0.39, 0.29) is 126 Å². The van der Waals surface area contributed by atoms with Crippen molar-refractivity contribution in [2.75, 3.05) is 0 Å². The number of carbonyl (C=O) groups is 13.